The monoisotopic (exact) mass is 287 g/mol. The number of nitrogens with zero attached hydrogens (tertiary/aromatic N) is 3. The van der Waals surface area contributed by atoms with Gasteiger partial charge >= 0.3 is 0 Å². The molecule has 0 atom stereocenters. The van der Waals surface area contributed by atoms with Crippen molar-refractivity contribution in [2.75, 3.05) is 11.9 Å². The van der Waals surface area contributed by atoms with Gasteiger partial charge < -0.3 is 15.0 Å². The topological polar surface area (TPSA) is 92.8 Å². The van der Waals surface area contributed by atoms with Gasteiger partial charge in [0.05, 0.1) is 6.33 Å². The normalized spacial score (nSPS) is 10.5. The minimum absolute atomic E-state index is 0.0158. The maximum Gasteiger partial charge on any atom is 0.263 e. The van der Waals surface area contributed by atoms with Gasteiger partial charge in [-0.2, -0.15) is 0 Å². The average Bonchev–Trinajstić information content (AvgIpc) is 2.96. The number of benzene rings is 1. The van der Waals surface area contributed by atoms with E-state index in [4.69, 9.17) is 4.74 Å². The first-order valence-corrected chi connectivity index (χ1v) is 6.05. The number of halogens is 1. The van der Waals surface area contributed by atoms with Gasteiger partial charge in [0.1, 0.15) is 11.8 Å². The number of aromatic nitrogens is 4. The average molecular weight is 287 g/mol. The SMILES string of the molecule is O=C(COc1ccccc1F)Nc1ncnc2nc[nH]c12. The van der Waals surface area contributed by atoms with Crippen molar-refractivity contribution in [1.82, 2.24) is 19.9 Å². The first-order chi connectivity index (χ1) is 10.2. The Morgan fingerprint density at radius 1 is 1.29 bits per heavy atom. The summed E-state index contributed by atoms with van der Waals surface area (Å²) in [6.45, 7) is -0.333. The Morgan fingerprint density at radius 2 is 2.14 bits per heavy atom. The Kier molecular flexibility index (Phi) is 3.42. The molecule has 8 heteroatoms. The number of fused-ring (bicyclic) bond motifs is 1. The number of anilines is 1. The van der Waals surface area contributed by atoms with E-state index < -0.39 is 11.7 Å². The lowest BCUT2D eigenvalue weighted by atomic mass is 10.3. The van der Waals surface area contributed by atoms with Crippen LogP contribution in [-0.2, 0) is 4.79 Å². The molecule has 0 unspecified atom stereocenters. The van der Waals surface area contributed by atoms with Gasteiger partial charge in [0, 0.05) is 0 Å². The largest absolute Gasteiger partial charge is 0.481 e. The third-order valence-electron chi connectivity index (χ3n) is 2.68. The lowest BCUT2D eigenvalue weighted by Crippen LogP contribution is -2.21. The number of ether oxygens (including phenoxy) is 1. The number of carbonyl (C=O) groups is 1. The van der Waals surface area contributed by atoms with E-state index in [0.717, 1.165) is 0 Å². The Balaban J connectivity index is 1.67. The van der Waals surface area contributed by atoms with Crippen molar-refractivity contribution < 1.29 is 13.9 Å². The van der Waals surface area contributed by atoms with Crippen LogP contribution in [0.25, 0.3) is 11.2 Å². The Bertz CT molecular complexity index is 789. The smallest absolute Gasteiger partial charge is 0.263 e. The van der Waals surface area contributed by atoms with Crippen LogP contribution < -0.4 is 10.1 Å². The molecule has 7 nitrogen and oxygen atoms in total. The molecule has 0 saturated carbocycles. The zero-order valence-electron chi connectivity index (χ0n) is 10.7. The van der Waals surface area contributed by atoms with Crippen molar-refractivity contribution in [3.63, 3.8) is 0 Å². The quantitative estimate of drug-likeness (QED) is 0.758. The summed E-state index contributed by atoms with van der Waals surface area (Å²) in [5, 5.41) is 2.55. The maximum absolute atomic E-state index is 13.3. The number of rotatable bonds is 4. The highest BCUT2D eigenvalue weighted by Gasteiger charge is 2.11. The van der Waals surface area contributed by atoms with E-state index in [1.165, 1.54) is 30.9 Å². The van der Waals surface area contributed by atoms with Crippen molar-refractivity contribution in [2.45, 2.75) is 0 Å². The fourth-order valence-electron chi connectivity index (χ4n) is 1.73. The van der Waals surface area contributed by atoms with Gasteiger partial charge in [-0.15, -0.1) is 0 Å². The van der Waals surface area contributed by atoms with E-state index in [1.54, 1.807) is 6.07 Å². The highest BCUT2D eigenvalue weighted by atomic mass is 19.1. The highest BCUT2D eigenvalue weighted by Crippen LogP contribution is 2.16. The van der Waals surface area contributed by atoms with Crippen molar-refractivity contribution in [3.8, 4) is 5.75 Å². The molecule has 106 valence electrons. The molecule has 0 bridgehead atoms. The molecule has 0 radical (unpaired) electrons. The third kappa shape index (κ3) is 2.78. The van der Waals surface area contributed by atoms with E-state index in [0.29, 0.717) is 17.0 Å². The van der Waals surface area contributed by atoms with Crippen molar-refractivity contribution in [1.29, 1.82) is 0 Å². The van der Waals surface area contributed by atoms with Gasteiger partial charge in [-0.25, -0.2) is 19.3 Å². The van der Waals surface area contributed by atoms with Crippen LogP contribution in [0.1, 0.15) is 0 Å². The van der Waals surface area contributed by atoms with Gasteiger partial charge in [0.15, 0.2) is 29.6 Å². The van der Waals surface area contributed by atoms with Crippen LogP contribution in [0, 0.1) is 5.82 Å². The maximum atomic E-state index is 13.3. The van der Waals surface area contributed by atoms with E-state index in [2.05, 4.69) is 25.3 Å². The fraction of sp³-hybridized carbons (Fsp3) is 0.0769. The van der Waals surface area contributed by atoms with E-state index in [1.807, 2.05) is 0 Å². The van der Waals surface area contributed by atoms with Crippen LogP contribution >= 0.6 is 0 Å². The molecular weight excluding hydrogens is 277 g/mol. The molecule has 21 heavy (non-hydrogen) atoms. The number of aromatic amines is 1. The molecule has 2 heterocycles. The Hall–Kier alpha value is -3.03. The molecule has 1 amide bonds. The van der Waals surface area contributed by atoms with Gasteiger partial charge in [0.2, 0.25) is 0 Å². The molecular formula is C13H10FN5O2. The Morgan fingerprint density at radius 3 is 3.00 bits per heavy atom. The predicted octanol–water partition coefficient (Wildman–Crippen LogP) is 1.51. The van der Waals surface area contributed by atoms with Crippen LogP contribution in [0.5, 0.6) is 5.75 Å². The highest BCUT2D eigenvalue weighted by molar-refractivity contribution is 5.97. The van der Waals surface area contributed by atoms with Crippen molar-refractivity contribution >= 4 is 22.9 Å². The summed E-state index contributed by atoms with van der Waals surface area (Å²) in [4.78, 5) is 26.5. The number of H-pyrrole nitrogens is 1. The first-order valence-electron chi connectivity index (χ1n) is 6.05. The molecule has 3 aromatic rings. The summed E-state index contributed by atoms with van der Waals surface area (Å²) in [5.41, 5.74) is 0.951. The second kappa shape index (κ2) is 5.53. The number of hydrogen-bond donors (Lipinski definition) is 2. The lowest BCUT2D eigenvalue weighted by Gasteiger charge is -2.07. The van der Waals surface area contributed by atoms with Gasteiger partial charge in [0.25, 0.3) is 5.91 Å². The second-order valence-corrected chi connectivity index (χ2v) is 4.09. The third-order valence-corrected chi connectivity index (χ3v) is 2.68. The molecule has 0 aliphatic heterocycles. The van der Waals surface area contributed by atoms with Crippen LogP contribution in [-0.4, -0.2) is 32.4 Å². The molecule has 3 rings (SSSR count). The summed E-state index contributed by atoms with van der Waals surface area (Å²) in [7, 11) is 0. The summed E-state index contributed by atoms with van der Waals surface area (Å²) in [6, 6.07) is 5.86. The number of imidazole rings is 1. The second-order valence-electron chi connectivity index (χ2n) is 4.09. The molecule has 1 aromatic carbocycles. The van der Waals surface area contributed by atoms with E-state index in [9.17, 15) is 9.18 Å². The first kappa shape index (κ1) is 13.0. The number of para-hydroxylation sites is 1. The van der Waals surface area contributed by atoms with Gasteiger partial charge in [-0.05, 0) is 12.1 Å². The fourth-order valence-corrected chi connectivity index (χ4v) is 1.73. The van der Waals surface area contributed by atoms with Crippen LogP contribution in [0.2, 0.25) is 0 Å². The molecule has 2 aromatic heterocycles. The van der Waals surface area contributed by atoms with Crippen LogP contribution in [0.4, 0.5) is 10.2 Å². The Labute approximate surface area is 118 Å². The van der Waals surface area contributed by atoms with Crippen molar-refractivity contribution in [2.24, 2.45) is 0 Å². The molecule has 2 N–H and O–H groups in total. The van der Waals surface area contributed by atoms with Gasteiger partial charge in [-0.1, -0.05) is 12.1 Å². The molecule has 0 spiro atoms. The predicted molar refractivity (Wildman–Crippen MR) is 72.2 cm³/mol. The zero-order valence-corrected chi connectivity index (χ0v) is 10.7. The summed E-state index contributed by atoms with van der Waals surface area (Å²) in [6.07, 6.45) is 2.74. The summed E-state index contributed by atoms with van der Waals surface area (Å²) < 4.78 is 18.5. The standard InChI is InChI=1S/C13H10FN5O2/c14-8-3-1-2-4-9(8)21-5-10(20)19-13-11-12(16-6-15-11)17-7-18-13/h1-4,6-7H,5H2,(H2,15,16,17,18,19,20). The number of hydrogen-bond acceptors (Lipinski definition) is 5. The van der Waals surface area contributed by atoms with Crippen molar-refractivity contribution in [3.05, 3.63) is 42.7 Å². The molecule has 0 aliphatic rings. The van der Waals surface area contributed by atoms with E-state index in [-0.39, 0.29) is 12.4 Å². The van der Waals surface area contributed by atoms with Crippen LogP contribution in [0.3, 0.4) is 0 Å². The van der Waals surface area contributed by atoms with Gasteiger partial charge in [-0.3, -0.25) is 4.79 Å². The zero-order chi connectivity index (χ0) is 14.7. The summed E-state index contributed by atoms with van der Waals surface area (Å²) in [5.74, 6) is -0.683. The minimum Gasteiger partial charge on any atom is -0.481 e. The van der Waals surface area contributed by atoms with E-state index >= 15 is 0 Å². The number of carbonyl (C=O) groups excluding carboxylic acids is 1. The minimum atomic E-state index is -0.525. The molecule has 0 fully saturated rings. The van der Waals surface area contributed by atoms with Crippen LogP contribution in [0.15, 0.2) is 36.9 Å². The molecule has 0 saturated heterocycles. The lowest BCUT2D eigenvalue weighted by molar-refractivity contribution is -0.118. The number of nitrogens with one attached hydrogen (secondary N) is 2. The number of amides is 1. The molecule has 0 aliphatic carbocycles. The summed E-state index contributed by atoms with van der Waals surface area (Å²) >= 11 is 0.